The number of aryl methyl sites for hydroxylation is 2. The van der Waals surface area contributed by atoms with Gasteiger partial charge in [-0.2, -0.15) is 5.10 Å². The molecule has 0 bridgehead atoms. The summed E-state index contributed by atoms with van der Waals surface area (Å²) in [5, 5.41) is 7.30. The van der Waals surface area contributed by atoms with Crippen LogP contribution in [0.15, 0.2) is 24.3 Å². The summed E-state index contributed by atoms with van der Waals surface area (Å²) in [6, 6.07) is 7.46. The lowest BCUT2D eigenvalue weighted by Gasteiger charge is -2.29. The lowest BCUT2D eigenvalue weighted by molar-refractivity contribution is -0.119. The van der Waals surface area contributed by atoms with Gasteiger partial charge in [0.2, 0.25) is 5.91 Å². The Morgan fingerprint density at radius 2 is 2.04 bits per heavy atom. The number of aromatic nitrogens is 3. The zero-order valence-electron chi connectivity index (χ0n) is 15.7. The van der Waals surface area contributed by atoms with Crippen molar-refractivity contribution in [2.75, 3.05) is 6.54 Å². The van der Waals surface area contributed by atoms with E-state index in [9.17, 15) is 9.59 Å². The van der Waals surface area contributed by atoms with Gasteiger partial charge in [-0.3, -0.25) is 14.3 Å². The fourth-order valence-corrected chi connectivity index (χ4v) is 3.09. The first kappa shape index (κ1) is 18.1. The lowest BCUT2D eigenvalue weighted by Crippen LogP contribution is -2.45. The Morgan fingerprint density at radius 3 is 2.54 bits per heavy atom. The van der Waals surface area contributed by atoms with Crippen LogP contribution in [-0.4, -0.2) is 50.1 Å². The Balaban J connectivity index is 1.75. The van der Waals surface area contributed by atoms with E-state index in [-0.39, 0.29) is 23.9 Å². The van der Waals surface area contributed by atoms with Crippen molar-refractivity contribution in [3.8, 4) is 11.4 Å². The van der Waals surface area contributed by atoms with Crippen LogP contribution in [-0.2, 0) is 11.8 Å². The third kappa shape index (κ3) is 3.76. The molecule has 7 heteroatoms. The molecule has 0 aliphatic carbocycles. The quantitative estimate of drug-likeness (QED) is 0.889. The highest BCUT2D eigenvalue weighted by molar-refractivity contribution is 5.95. The summed E-state index contributed by atoms with van der Waals surface area (Å²) in [7, 11) is 1.85. The van der Waals surface area contributed by atoms with E-state index in [0.717, 1.165) is 17.8 Å². The van der Waals surface area contributed by atoms with Gasteiger partial charge in [0, 0.05) is 43.2 Å². The zero-order valence-corrected chi connectivity index (χ0v) is 15.7. The van der Waals surface area contributed by atoms with Gasteiger partial charge in [-0.25, -0.2) is 4.98 Å². The highest BCUT2D eigenvalue weighted by atomic mass is 16.2. The van der Waals surface area contributed by atoms with E-state index in [4.69, 9.17) is 0 Å². The number of amides is 2. The standard InChI is InChI=1S/C19H25N5O2/c1-12(2)24(11-16-9-10-17(25)21-16)19(26)15-7-5-14(6-8-15)18-20-13(3)23(4)22-18/h5-8,12,16H,9-11H2,1-4H3,(H,21,25)/t16-/m0/s1. The summed E-state index contributed by atoms with van der Waals surface area (Å²) in [6.45, 7) is 6.41. The van der Waals surface area contributed by atoms with Crippen molar-refractivity contribution in [2.45, 2.75) is 45.7 Å². The van der Waals surface area contributed by atoms with Crippen molar-refractivity contribution in [1.82, 2.24) is 25.0 Å². The Bertz CT molecular complexity index is 790. The van der Waals surface area contributed by atoms with E-state index in [0.29, 0.717) is 24.4 Å². The van der Waals surface area contributed by atoms with Gasteiger partial charge in [-0.05, 0) is 39.3 Å². The molecule has 26 heavy (non-hydrogen) atoms. The first-order valence-electron chi connectivity index (χ1n) is 8.93. The molecule has 0 saturated carbocycles. The summed E-state index contributed by atoms with van der Waals surface area (Å²) in [5.74, 6) is 1.52. The molecule has 1 saturated heterocycles. The Morgan fingerprint density at radius 1 is 1.35 bits per heavy atom. The van der Waals surface area contributed by atoms with Crippen LogP contribution in [0.1, 0.15) is 42.9 Å². The third-order valence-corrected chi connectivity index (χ3v) is 4.76. The molecule has 0 radical (unpaired) electrons. The van der Waals surface area contributed by atoms with Crippen LogP contribution in [0.2, 0.25) is 0 Å². The molecule has 0 unspecified atom stereocenters. The molecule has 0 spiro atoms. The molecule has 1 aromatic carbocycles. The normalized spacial score (nSPS) is 16.8. The maximum Gasteiger partial charge on any atom is 0.254 e. The fourth-order valence-electron chi connectivity index (χ4n) is 3.09. The van der Waals surface area contributed by atoms with Gasteiger partial charge in [0.05, 0.1) is 0 Å². The number of carbonyl (C=O) groups excluding carboxylic acids is 2. The molecule has 1 atom stereocenters. The minimum atomic E-state index is -0.0298. The average Bonchev–Trinajstić information content (AvgIpc) is 3.17. The largest absolute Gasteiger partial charge is 0.352 e. The molecule has 1 N–H and O–H groups in total. The van der Waals surface area contributed by atoms with E-state index in [2.05, 4.69) is 15.4 Å². The predicted octanol–water partition coefficient (Wildman–Crippen LogP) is 1.92. The molecule has 1 aromatic heterocycles. The smallest absolute Gasteiger partial charge is 0.254 e. The topological polar surface area (TPSA) is 80.1 Å². The van der Waals surface area contributed by atoms with Crippen LogP contribution in [0.4, 0.5) is 0 Å². The van der Waals surface area contributed by atoms with E-state index in [1.807, 2.05) is 57.0 Å². The summed E-state index contributed by atoms with van der Waals surface area (Å²) >= 11 is 0. The van der Waals surface area contributed by atoms with Gasteiger partial charge in [-0.1, -0.05) is 12.1 Å². The molecule has 138 valence electrons. The van der Waals surface area contributed by atoms with Crippen molar-refractivity contribution in [1.29, 1.82) is 0 Å². The van der Waals surface area contributed by atoms with E-state index >= 15 is 0 Å². The van der Waals surface area contributed by atoms with Gasteiger partial charge in [-0.15, -0.1) is 0 Å². The summed E-state index contributed by atoms with van der Waals surface area (Å²) in [6.07, 6.45) is 1.31. The summed E-state index contributed by atoms with van der Waals surface area (Å²) in [4.78, 5) is 30.6. The SMILES string of the molecule is Cc1nc(-c2ccc(C(=O)N(C[C@@H]3CCC(=O)N3)C(C)C)cc2)nn1C. The molecule has 1 aliphatic rings. The molecular weight excluding hydrogens is 330 g/mol. The second kappa shape index (κ2) is 7.27. The number of hydrogen-bond donors (Lipinski definition) is 1. The minimum Gasteiger partial charge on any atom is -0.352 e. The second-order valence-corrected chi connectivity index (χ2v) is 7.04. The Labute approximate surface area is 153 Å². The molecule has 3 rings (SSSR count). The number of nitrogens with zero attached hydrogens (tertiary/aromatic N) is 4. The van der Waals surface area contributed by atoms with Crippen molar-refractivity contribution in [3.05, 3.63) is 35.7 Å². The van der Waals surface area contributed by atoms with Gasteiger partial charge in [0.25, 0.3) is 5.91 Å². The fraction of sp³-hybridized carbons (Fsp3) is 0.474. The number of benzene rings is 1. The van der Waals surface area contributed by atoms with Crippen LogP contribution in [0.3, 0.4) is 0 Å². The Kier molecular flexibility index (Phi) is 5.06. The summed E-state index contributed by atoms with van der Waals surface area (Å²) in [5.41, 5.74) is 1.50. The third-order valence-electron chi connectivity index (χ3n) is 4.76. The van der Waals surface area contributed by atoms with Crippen molar-refractivity contribution in [3.63, 3.8) is 0 Å². The highest BCUT2D eigenvalue weighted by Crippen LogP contribution is 2.19. The average molecular weight is 355 g/mol. The monoisotopic (exact) mass is 355 g/mol. The van der Waals surface area contributed by atoms with Crippen LogP contribution in [0.5, 0.6) is 0 Å². The van der Waals surface area contributed by atoms with Crippen LogP contribution in [0, 0.1) is 6.92 Å². The van der Waals surface area contributed by atoms with Gasteiger partial charge >= 0.3 is 0 Å². The molecule has 2 aromatic rings. The van der Waals surface area contributed by atoms with Gasteiger partial charge in [0.15, 0.2) is 5.82 Å². The molecule has 1 fully saturated rings. The van der Waals surface area contributed by atoms with Crippen molar-refractivity contribution in [2.24, 2.45) is 7.05 Å². The maximum absolute atomic E-state index is 12.9. The highest BCUT2D eigenvalue weighted by Gasteiger charge is 2.27. The first-order valence-corrected chi connectivity index (χ1v) is 8.93. The van der Waals surface area contributed by atoms with Gasteiger partial charge in [0.1, 0.15) is 5.82 Å². The number of rotatable bonds is 5. The molecule has 2 amide bonds. The second-order valence-electron chi connectivity index (χ2n) is 7.04. The molecule has 2 heterocycles. The molecular formula is C19H25N5O2. The zero-order chi connectivity index (χ0) is 18.8. The Hall–Kier alpha value is -2.70. The van der Waals surface area contributed by atoms with Crippen LogP contribution in [0.25, 0.3) is 11.4 Å². The van der Waals surface area contributed by atoms with Gasteiger partial charge < -0.3 is 10.2 Å². The van der Waals surface area contributed by atoms with E-state index in [1.165, 1.54) is 0 Å². The van der Waals surface area contributed by atoms with Crippen molar-refractivity contribution < 1.29 is 9.59 Å². The molecule has 7 nitrogen and oxygen atoms in total. The number of carbonyl (C=O) groups is 2. The minimum absolute atomic E-state index is 0.0298. The molecule has 1 aliphatic heterocycles. The van der Waals surface area contributed by atoms with Crippen LogP contribution < -0.4 is 5.32 Å². The predicted molar refractivity (Wildman–Crippen MR) is 98.5 cm³/mol. The van der Waals surface area contributed by atoms with Crippen LogP contribution >= 0.6 is 0 Å². The summed E-state index contributed by atoms with van der Waals surface area (Å²) < 4.78 is 1.73. The maximum atomic E-state index is 12.9. The lowest BCUT2D eigenvalue weighted by atomic mass is 10.1. The number of nitrogens with one attached hydrogen (secondary N) is 1. The van der Waals surface area contributed by atoms with E-state index in [1.54, 1.807) is 4.68 Å². The number of hydrogen-bond acceptors (Lipinski definition) is 4. The van der Waals surface area contributed by atoms with E-state index < -0.39 is 0 Å². The first-order chi connectivity index (χ1) is 12.3. The van der Waals surface area contributed by atoms with Crippen molar-refractivity contribution >= 4 is 11.8 Å².